The van der Waals surface area contributed by atoms with Crippen LogP contribution >= 0.6 is 11.6 Å². The summed E-state index contributed by atoms with van der Waals surface area (Å²) in [6.07, 6.45) is 0.508. The number of rotatable bonds is 5. The van der Waals surface area contributed by atoms with E-state index in [-0.39, 0.29) is 29.0 Å². The van der Waals surface area contributed by atoms with Gasteiger partial charge in [-0.15, -0.1) is 0 Å². The average molecular weight is 431 g/mol. The van der Waals surface area contributed by atoms with E-state index in [1.807, 2.05) is 0 Å². The molecule has 10 heteroatoms. The van der Waals surface area contributed by atoms with Crippen molar-refractivity contribution in [2.75, 3.05) is 5.32 Å². The molecule has 0 radical (unpaired) electrons. The Morgan fingerprint density at radius 2 is 2.10 bits per heavy atom. The Kier molecular flexibility index (Phi) is 5.21. The summed E-state index contributed by atoms with van der Waals surface area (Å²) < 4.78 is 30.5. The van der Waals surface area contributed by atoms with E-state index in [9.17, 15) is 13.6 Å². The van der Waals surface area contributed by atoms with E-state index < -0.39 is 6.43 Å². The lowest BCUT2D eigenvalue weighted by Gasteiger charge is -2.08. The minimum absolute atomic E-state index is 0.183. The highest BCUT2D eigenvalue weighted by Crippen LogP contribution is 2.33. The highest BCUT2D eigenvalue weighted by atomic mass is 35.5. The Bertz CT molecular complexity index is 1250. The third kappa shape index (κ3) is 3.88. The van der Waals surface area contributed by atoms with Crippen molar-refractivity contribution >= 4 is 34.2 Å². The van der Waals surface area contributed by atoms with Gasteiger partial charge in [0.2, 0.25) is 5.91 Å². The molecule has 0 aliphatic rings. The number of pyridine rings is 1. The highest BCUT2D eigenvalue weighted by Gasteiger charge is 2.22. The maximum absolute atomic E-state index is 13.8. The fourth-order valence-electron chi connectivity index (χ4n) is 3.27. The van der Waals surface area contributed by atoms with Gasteiger partial charge in [0.25, 0.3) is 6.43 Å². The molecule has 0 fully saturated rings. The predicted octanol–water partition coefficient (Wildman–Crippen LogP) is 4.37. The average Bonchev–Trinajstić information content (AvgIpc) is 3.24. The van der Waals surface area contributed by atoms with Crippen molar-refractivity contribution in [1.82, 2.24) is 24.5 Å². The molecule has 0 aliphatic heterocycles. The first-order valence-electron chi connectivity index (χ1n) is 9.02. The van der Waals surface area contributed by atoms with Gasteiger partial charge in [-0.25, -0.2) is 18.4 Å². The Morgan fingerprint density at radius 1 is 1.30 bits per heavy atom. The van der Waals surface area contributed by atoms with E-state index in [4.69, 9.17) is 11.6 Å². The number of alkyl halides is 2. The number of carbonyl (C=O) groups is 1. The van der Waals surface area contributed by atoms with Gasteiger partial charge in [-0.1, -0.05) is 17.7 Å². The number of amides is 1. The summed E-state index contributed by atoms with van der Waals surface area (Å²) in [4.78, 5) is 17.0. The smallest absolute Gasteiger partial charge is 0.264 e. The molecule has 1 amide bonds. The number of fused-ring (bicyclic) bond motifs is 1. The molecule has 0 saturated heterocycles. The second-order valence-corrected chi connectivity index (χ2v) is 7.24. The molecule has 3 heterocycles. The topological polar surface area (TPSA) is 77.6 Å². The van der Waals surface area contributed by atoms with Crippen LogP contribution in [0.4, 0.5) is 14.5 Å². The Hall–Kier alpha value is -3.33. The van der Waals surface area contributed by atoms with Crippen LogP contribution in [0.25, 0.3) is 22.3 Å². The van der Waals surface area contributed by atoms with Crippen molar-refractivity contribution in [3.63, 3.8) is 0 Å². The lowest BCUT2D eigenvalue weighted by atomic mass is 10.1. The van der Waals surface area contributed by atoms with Crippen LogP contribution in [-0.2, 0) is 18.4 Å². The van der Waals surface area contributed by atoms with Crippen LogP contribution in [0.15, 0.2) is 42.7 Å². The fourth-order valence-corrected chi connectivity index (χ4v) is 3.46. The number of halogens is 3. The van der Waals surface area contributed by atoms with Crippen molar-refractivity contribution in [2.24, 2.45) is 7.05 Å². The highest BCUT2D eigenvalue weighted by molar-refractivity contribution is 6.30. The number of carbonyl (C=O) groups excluding carboxylic acids is 1. The van der Waals surface area contributed by atoms with Crippen LogP contribution in [0.2, 0.25) is 5.02 Å². The van der Waals surface area contributed by atoms with Gasteiger partial charge in [-0.3, -0.25) is 9.48 Å². The summed E-state index contributed by atoms with van der Waals surface area (Å²) in [6, 6.07) is 8.05. The second kappa shape index (κ2) is 7.83. The monoisotopic (exact) mass is 430 g/mol. The lowest BCUT2D eigenvalue weighted by Crippen LogP contribution is -2.19. The van der Waals surface area contributed by atoms with Crippen molar-refractivity contribution in [1.29, 1.82) is 0 Å². The van der Waals surface area contributed by atoms with Gasteiger partial charge in [0.1, 0.15) is 6.54 Å². The molecular weight excluding hydrogens is 414 g/mol. The number of benzene rings is 1. The third-order valence-corrected chi connectivity index (χ3v) is 4.78. The summed E-state index contributed by atoms with van der Waals surface area (Å²) in [7, 11) is 1.73. The molecule has 4 aromatic rings. The number of nitrogens with zero attached hydrogens (tertiary/aromatic N) is 5. The van der Waals surface area contributed by atoms with Gasteiger partial charge in [-0.05, 0) is 31.2 Å². The maximum atomic E-state index is 13.8. The number of aryl methyl sites for hydroxylation is 2. The Balaban J connectivity index is 1.74. The fraction of sp³-hybridized carbons (Fsp3) is 0.200. The van der Waals surface area contributed by atoms with Crippen molar-refractivity contribution in [3.8, 4) is 11.3 Å². The van der Waals surface area contributed by atoms with E-state index in [2.05, 4.69) is 20.5 Å². The number of hydrogen-bond acceptors (Lipinski definition) is 4. The molecule has 0 aliphatic carbocycles. The molecule has 0 bridgehead atoms. The van der Waals surface area contributed by atoms with Crippen LogP contribution in [0.1, 0.15) is 17.7 Å². The third-order valence-electron chi connectivity index (χ3n) is 4.55. The summed E-state index contributed by atoms with van der Waals surface area (Å²) in [5.74, 6) is -0.381. The van der Waals surface area contributed by atoms with Gasteiger partial charge < -0.3 is 5.32 Å². The summed E-state index contributed by atoms with van der Waals surface area (Å²) >= 11 is 5.94. The quantitative estimate of drug-likeness (QED) is 0.510. The first-order valence-corrected chi connectivity index (χ1v) is 9.40. The van der Waals surface area contributed by atoms with Gasteiger partial charge >= 0.3 is 0 Å². The van der Waals surface area contributed by atoms with Crippen LogP contribution < -0.4 is 5.32 Å². The number of hydrogen-bond donors (Lipinski definition) is 1. The predicted molar refractivity (Wildman–Crippen MR) is 110 cm³/mol. The summed E-state index contributed by atoms with van der Waals surface area (Å²) in [5.41, 5.74) is 1.86. The Morgan fingerprint density at radius 3 is 2.77 bits per heavy atom. The standard InChI is InChI=1S/C20H17ClF2N6O/c1-11-18-15(19(22)23)7-16(12-8-24-28(2)9-12)26-20(18)29(27-11)10-17(30)25-14-5-3-4-13(21)6-14/h3-9,19H,10H2,1-2H3,(H,25,30). The van der Waals surface area contributed by atoms with E-state index in [0.29, 0.717) is 27.7 Å². The molecule has 0 spiro atoms. The first kappa shape index (κ1) is 20.0. The minimum Gasteiger partial charge on any atom is -0.324 e. The largest absolute Gasteiger partial charge is 0.324 e. The van der Waals surface area contributed by atoms with Crippen molar-refractivity contribution < 1.29 is 13.6 Å². The summed E-state index contributed by atoms with van der Waals surface area (Å²) in [6.45, 7) is 1.42. The molecule has 154 valence electrons. The van der Waals surface area contributed by atoms with Gasteiger partial charge in [0.05, 0.1) is 23.0 Å². The SMILES string of the molecule is Cc1nn(CC(=O)Nc2cccc(Cl)c2)c2nc(-c3cnn(C)c3)cc(C(F)F)c12. The molecule has 0 unspecified atom stereocenters. The first-order chi connectivity index (χ1) is 14.3. The zero-order valence-corrected chi connectivity index (χ0v) is 16.9. The molecule has 30 heavy (non-hydrogen) atoms. The van der Waals surface area contributed by atoms with Crippen LogP contribution in [0.3, 0.4) is 0 Å². The number of aromatic nitrogens is 5. The zero-order valence-electron chi connectivity index (χ0n) is 16.1. The van der Waals surface area contributed by atoms with E-state index in [0.717, 1.165) is 0 Å². The minimum atomic E-state index is -2.72. The maximum Gasteiger partial charge on any atom is 0.264 e. The second-order valence-electron chi connectivity index (χ2n) is 6.80. The normalized spacial score (nSPS) is 11.4. The van der Waals surface area contributed by atoms with Crippen molar-refractivity contribution in [2.45, 2.75) is 19.9 Å². The van der Waals surface area contributed by atoms with E-state index in [1.54, 1.807) is 55.3 Å². The van der Waals surface area contributed by atoms with Gasteiger partial charge in [0, 0.05) is 35.1 Å². The van der Waals surface area contributed by atoms with Gasteiger partial charge in [-0.2, -0.15) is 10.2 Å². The lowest BCUT2D eigenvalue weighted by molar-refractivity contribution is -0.116. The van der Waals surface area contributed by atoms with Gasteiger partial charge in [0.15, 0.2) is 5.65 Å². The Labute approximate surface area is 175 Å². The molecule has 3 aromatic heterocycles. The molecular formula is C20H17ClF2N6O. The zero-order chi connectivity index (χ0) is 21.4. The van der Waals surface area contributed by atoms with Crippen LogP contribution in [0, 0.1) is 6.92 Å². The molecule has 0 atom stereocenters. The van der Waals surface area contributed by atoms with Crippen LogP contribution in [0.5, 0.6) is 0 Å². The summed E-state index contributed by atoms with van der Waals surface area (Å²) in [5, 5.41) is 11.8. The van der Waals surface area contributed by atoms with Crippen LogP contribution in [-0.4, -0.2) is 30.5 Å². The number of anilines is 1. The molecule has 4 rings (SSSR count). The van der Waals surface area contributed by atoms with E-state index >= 15 is 0 Å². The molecule has 1 aromatic carbocycles. The molecule has 7 nitrogen and oxygen atoms in total. The molecule has 1 N–H and O–H groups in total. The number of nitrogens with one attached hydrogen (secondary N) is 1. The van der Waals surface area contributed by atoms with E-state index in [1.165, 1.54) is 10.7 Å². The molecule has 0 saturated carbocycles. The van der Waals surface area contributed by atoms with Crippen molar-refractivity contribution in [3.05, 3.63) is 59.0 Å².